The van der Waals surface area contributed by atoms with E-state index >= 15 is 0 Å². The summed E-state index contributed by atoms with van der Waals surface area (Å²) >= 11 is 0. The Kier molecular flexibility index (Phi) is 4.36. The molecule has 126 valence electrons. The van der Waals surface area contributed by atoms with Crippen molar-refractivity contribution in [3.63, 3.8) is 0 Å². The van der Waals surface area contributed by atoms with Crippen molar-refractivity contribution in [1.82, 2.24) is 10.0 Å². The van der Waals surface area contributed by atoms with Crippen LogP contribution in [0.25, 0.3) is 0 Å². The lowest BCUT2D eigenvalue weighted by molar-refractivity contribution is 0.224. The number of hydrogen-bond acceptors (Lipinski definition) is 3. The van der Waals surface area contributed by atoms with Gasteiger partial charge in [0.2, 0.25) is 0 Å². The van der Waals surface area contributed by atoms with Gasteiger partial charge in [-0.2, -0.15) is 0 Å². The number of rotatable bonds is 4. The molecular weight excluding hydrogens is 312 g/mol. The van der Waals surface area contributed by atoms with Crippen molar-refractivity contribution in [2.75, 3.05) is 0 Å². The average molecular weight is 336 g/mol. The average Bonchev–Trinajstić information content (AvgIpc) is 3.09. The number of benzene rings is 1. The molecule has 23 heavy (non-hydrogen) atoms. The molecule has 2 bridgehead atoms. The Morgan fingerprint density at radius 3 is 2.43 bits per heavy atom. The fourth-order valence-electron chi connectivity index (χ4n) is 4.15. The monoisotopic (exact) mass is 336 g/mol. The van der Waals surface area contributed by atoms with E-state index in [-0.39, 0.29) is 10.9 Å². The van der Waals surface area contributed by atoms with Gasteiger partial charge >= 0.3 is 6.03 Å². The number of aryl methyl sites for hydroxylation is 1. The first-order valence-corrected chi connectivity index (χ1v) is 9.73. The summed E-state index contributed by atoms with van der Waals surface area (Å²) in [5.74, 6) is 1.96. The first kappa shape index (κ1) is 16.3. The molecule has 4 atom stereocenters. The van der Waals surface area contributed by atoms with Crippen molar-refractivity contribution in [1.29, 1.82) is 0 Å². The molecule has 0 unspecified atom stereocenters. The molecule has 2 saturated carbocycles. The molecule has 5 nitrogen and oxygen atoms in total. The zero-order valence-electron chi connectivity index (χ0n) is 13.6. The minimum absolute atomic E-state index is 0.00137. The number of hydrogen-bond donors (Lipinski definition) is 2. The van der Waals surface area contributed by atoms with Gasteiger partial charge in [-0.05, 0) is 63.0 Å². The lowest BCUT2D eigenvalue weighted by Gasteiger charge is -2.28. The van der Waals surface area contributed by atoms with E-state index < -0.39 is 16.1 Å². The fraction of sp³-hybridized carbons (Fsp3) is 0.588. The van der Waals surface area contributed by atoms with E-state index in [2.05, 4.69) is 10.0 Å². The normalized spacial score (nSPS) is 27.7. The summed E-state index contributed by atoms with van der Waals surface area (Å²) in [6.07, 6.45) is 4.96. The van der Waals surface area contributed by atoms with E-state index in [1.807, 2.05) is 13.8 Å². The molecule has 2 fully saturated rings. The van der Waals surface area contributed by atoms with Crippen molar-refractivity contribution in [2.45, 2.75) is 50.5 Å². The van der Waals surface area contributed by atoms with Crippen LogP contribution in [0, 0.1) is 24.7 Å². The number of carbonyl (C=O) groups is 1. The molecule has 0 saturated heterocycles. The molecule has 2 aliphatic rings. The van der Waals surface area contributed by atoms with Crippen LogP contribution in [-0.4, -0.2) is 20.5 Å². The van der Waals surface area contributed by atoms with E-state index in [0.29, 0.717) is 11.8 Å². The van der Waals surface area contributed by atoms with Crippen molar-refractivity contribution in [3.8, 4) is 0 Å². The minimum Gasteiger partial charge on any atom is -0.335 e. The van der Waals surface area contributed by atoms with E-state index in [1.54, 1.807) is 12.1 Å². The summed E-state index contributed by atoms with van der Waals surface area (Å²) in [5, 5.41) is 2.81. The highest BCUT2D eigenvalue weighted by Crippen LogP contribution is 2.49. The Morgan fingerprint density at radius 1 is 1.17 bits per heavy atom. The van der Waals surface area contributed by atoms with Gasteiger partial charge in [-0.25, -0.2) is 17.9 Å². The Balaban J connectivity index is 1.59. The molecule has 1 aromatic rings. The lowest BCUT2D eigenvalue weighted by atomic mass is 9.84. The third-order valence-electron chi connectivity index (χ3n) is 5.35. The molecule has 0 aromatic heterocycles. The van der Waals surface area contributed by atoms with E-state index in [9.17, 15) is 13.2 Å². The van der Waals surface area contributed by atoms with Crippen LogP contribution in [0.3, 0.4) is 0 Å². The largest absolute Gasteiger partial charge is 0.335 e. The standard InChI is InChI=1S/C17H24N2O3S/c1-11-3-7-15(8-4-11)23(21,22)19-17(20)18-12(2)16-10-13-5-6-14(16)9-13/h3-4,7-8,12-14,16H,5-6,9-10H2,1-2H3,(H2,18,19,20)/t12-,13+,14+,16+/m1/s1. The first-order chi connectivity index (χ1) is 10.8. The third-order valence-corrected chi connectivity index (χ3v) is 6.70. The number of nitrogens with one attached hydrogen (secondary N) is 2. The zero-order valence-corrected chi connectivity index (χ0v) is 14.4. The second kappa shape index (κ2) is 6.15. The maximum atomic E-state index is 12.2. The van der Waals surface area contributed by atoms with Crippen molar-refractivity contribution in [3.05, 3.63) is 29.8 Å². The molecule has 0 aliphatic heterocycles. The summed E-state index contributed by atoms with van der Waals surface area (Å²) in [6, 6.07) is 5.79. The van der Waals surface area contributed by atoms with E-state index in [1.165, 1.54) is 31.4 Å². The molecule has 6 heteroatoms. The SMILES string of the molecule is Cc1ccc(S(=O)(=O)NC(=O)N[C@H](C)[C@@H]2C[C@H]3CC[C@H]2C3)cc1. The first-order valence-electron chi connectivity index (χ1n) is 8.25. The zero-order chi connectivity index (χ0) is 16.6. The van der Waals surface area contributed by atoms with Crippen LogP contribution in [0.15, 0.2) is 29.2 Å². The quantitative estimate of drug-likeness (QED) is 0.888. The van der Waals surface area contributed by atoms with Gasteiger partial charge in [-0.15, -0.1) is 0 Å². The molecule has 0 heterocycles. The van der Waals surface area contributed by atoms with Crippen molar-refractivity contribution in [2.24, 2.45) is 17.8 Å². The summed E-state index contributed by atoms with van der Waals surface area (Å²) in [6.45, 7) is 3.86. The van der Waals surface area contributed by atoms with Gasteiger partial charge < -0.3 is 5.32 Å². The Hall–Kier alpha value is -1.56. The van der Waals surface area contributed by atoms with Crippen LogP contribution in [-0.2, 0) is 10.0 Å². The predicted molar refractivity (Wildman–Crippen MR) is 88.4 cm³/mol. The number of urea groups is 1. The highest BCUT2D eigenvalue weighted by atomic mass is 32.2. The Bertz CT molecular complexity index is 684. The van der Waals surface area contributed by atoms with E-state index in [4.69, 9.17) is 0 Å². The topological polar surface area (TPSA) is 75.3 Å². The predicted octanol–water partition coefficient (Wildman–Crippen LogP) is 2.81. The second-order valence-corrected chi connectivity index (χ2v) is 8.70. The number of fused-ring (bicyclic) bond motifs is 2. The summed E-state index contributed by atoms with van der Waals surface area (Å²) in [4.78, 5) is 12.2. The third kappa shape index (κ3) is 3.52. The van der Waals surface area contributed by atoms with Crippen LogP contribution in [0.4, 0.5) is 4.79 Å². The van der Waals surface area contributed by atoms with Gasteiger partial charge in [0.05, 0.1) is 4.90 Å². The van der Waals surface area contributed by atoms with Gasteiger partial charge in [0.1, 0.15) is 0 Å². The molecule has 0 radical (unpaired) electrons. The molecule has 1 aromatic carbocycles. The van der Waals surface area contributed by atoms with Crippen molar-refractivity contribution < 1.29 is 13.2 Å². The molecular formula is C17H24N2O3S. The summed E-state index contributed by atoms with van der Waals surface area (Å²) in [7, 11) is -3.82. The number of carbonyl (C=O) groups excluding carboxylic acids is 1. The summed E-state index contributed by atoms with van der Waals surface area (Å²) in [5.41, 5.74) is 0.971. The maximum Gasteiger partial charge on any atom is 0.328 e. The van der Waals surface area contributed by atoms with Gasteiger partial charge in [0.15, 0.2) is 0 Å². The van der Waals surface area contributed by atoms with Crippen molar-refractivity contribution >= 4 is 16.1 Å². The van der Waals surface area contributed by atoms with Gasteiger partial charge in [-0.1, -0.05) is 24.1 Å². The van der Waals surface area contributed by atoms with Gasteiger partial charge in [0, 0.05) is 6.04 Å². The fourth-order valence-corrected chi connectivity index (χ4v) is 5.06. The molecule has 2 aliphatic carbocycles. The van der Waals surface area contributed by atoms with Crippen LogP contribution < -0.4 is 10.0 Å². The molecule has 2 N–H and O–H groups in total. The maximum absolute atomic E-state index is 12.2. The van der Waals surface area contributed by atoms with Gasteiger partial charge in [0.25, 0.3) is 10.0 Å². The number of sulfonamides is 1. The van der Waals surface area contributed by atoms with Crippen LogP contribution in [0.5, 0.6) is 0 Å². The van der Waals surface area contributed by atoms with E-state index in [0.717, 1.165) is 17.9 Å². The smallest absolute Gasteiger partial charge is 0.328 e. The molecule has 3 rings (SSSR count). The Labute approximate surface area is 137 Å². The molecule has 2 amide bonds. The lowest BCUT2D eigenvalue weighted by Crippen LogP contribution is -2.46. The Morgan fingerprint density at radius 2 is 1.87 bits per heavy atom. The number of amides is 2. The van der Waals surface area contributed by atoms with Crippen LogP contribution in [0.2, 0.25) is 0 Å². The highest BCUT2D eigenvalue weighted by Gasteiger charge is 2.42. The molecule has 0 spiro atoms. The second-order valence-electron chi connectivity index (χ2n) is 7.02. The van der Waals surface area contributed by atoms with Crippen LogP contribution in [0.1, 0.15) is 38.2 Å². The summed E-state index contributed by atoms with van der Waals surface area (Å²) < 4.78 is 26.5. The van der Waals surface area contributed by atoms with Crippen LogP contribution >= 0.6 is 0 Å². The minimum atomic E-state index is -3.82. The van der Waals surface area contributed by atoms with Gasteiger partial charge in [-0.3, -0.25) is 0 Å². The highest BCUT2D eigenvalue weighted by molar-refractivity contribution is 7.90.